The van der Waals surface area contributed by atoms with Gasteiger partial charge in [-0.3, -0.25) is 4.79 Å². The Kier molecular flexibility index (Phi) is 14.0. The first-order valence-electron chi connectivity index (χ1n) is 19.0. The van der Waals surface area contributed by atoms with Crippen LogP contribution in [0, 0.1) is 25.2 Å². The van der Waals surface area contributed by atoms with Crippen LogP contribution in [0.25, 0.3) is 11.3 Å². The molecule has 0 bridgehead atoms. The summed E-state index contributed by atoms with van der Waals surface area (Å²) in [6.07, 6.45) is 3.54. The number of hydrogen-bond donors (Lipinski definition) is 4. The van der Waals surface area contributed by atoms with E-state index in [1.165, 1.54) is 11.1 Å². The molecule has 0 aliphatic heterocycles. The number of methoxy groups -OCH3 is 1. The van der Waals surface area contributed by atoms with E-state index in [0.717, 1.165) is 42.6 Å². The Morgan fingerprint density at radius 1 is 0.982 bits per heavy atom. The Hall–Kier alpha value is -4.82. The van der Waals surface area contributed by atoms with E-state index in [2.05, 4.69) is 65.4 Å². The van der Waals surface area contributed by atoms with Gasteiger partial charge in [-0.25, -0.2) is 4.79 Å². The molecule has 0 saturated heterocycles. The van der Waals surface area contributed by atoms with Gasteiger partial charge in [0.2, 0.25) is 0 Å². The molecule has 1 fully saturated rings. The van der Waals surface area contributed by atoms with E-state index in [9.17, 15) is 14.9 Å². The van der Waals surface area contributed by atoms with Crippen LogP contribution in [0.2, 0.25) is 5.02 Å². The third-order valence-corrected chi connectivity index (χ3v) is 10.3. The zero-order valence-corrected chi connectivity index (χ0v) is 33.7. The highest BCUT2D eigenvalue weighted by atomic mass is 35.5. The summed E-state index contributed by atoms with van der Waals surface area (Å²) in [5, 5.41) is 23.2. The van der Waals surface area contributed by atoms with E-state index < -0.39 is 11.7 Å². The van der Waals surface area contributed by atoms with Crippen LogP contribution in [0.4, 0.5) is 4.79 Å². The van der Waals surface area contributed by atoms with Gasteiger partial charge in [-0.15, -0.1) is 0 Å². The first kappa shape index (κ1) is 41.3. The summed E-state index contributed by atoms with van der Waals surface area (Å²) in [6, 6.07) is 23.7. The molecule has 11 heteroatoms. The molecule has 1 heterocycles. The molecule has 0 spiro atoms. The number of nitrogens with one attached hydrogen (secondary N) is 4. The van der Waals surface area contributed by atoms with Gasteiger partial charge in [0.25, 0.3) is 5.91 Å². The van der Waals surface area contributed by atoms with Crippen LogP contribution in [-0.4, -0.2) is 49.4 Å². The highest BCUT2D eigenvalue weighted by Crippen LogP contribution is 2.36. The van der Waals surface area contributed by atoms with Crippen molar-refractivity contribution in [2.24, 2.45) is 0 Å². The number of alkyl carbamates (subject to hydrolysis) is 1. The standard InChI is InChI=1S/C44H54ClN5O5/c1-27-8-11-31(12-9-27)29(3)47-26-36-18-19-40(54-36)38-22-37(39(45)23-41(38)53-7)42(51)49-35(21-30-10-13-32(24-46)28(2)20-30)25-48-33-14-16-34(17-15-33)50-43(52)55-44(4,5)6/h8-13,18-20,22-23,29,33-35,47-48H,14-17,21,25-26H2,1-7H3,(H,49,51)(H,50,52). The summed E-state index contributed by atoms with van der Waals surface area (Å²) in [5.74, 6) is 1.48. The fourth-order valence-corrected chi connectivity index (χ4v) is 7.10. The monoisotopic (exact) mass is 767 g/mol. The van der Waals surface area contributed by atoms with Gasteiger partial charge in [0.05, 0.1) is 41.4 Å². The number of amides is 2. The molecule has 3 aromatic carbocycles. The molecule has 4 N–H and O–H groups in total. The fourth-order valence-electron chi connectivity index (χ4n) is 6.86. The number of rotatable bonds is 14. The molecule has 2 amide bonds. The second-order valence-corrected chi connectivity index (χ2v) is 16.0. The van der Waals surface area contributed by atoms with Gasteiger partial charge < -0.3 is 35.2 Å². The number of furan rings is 1. The Labute approximate surface area is 330 Å². The van der Waals surface area contributed by atoms with Crippen molar-refractivity contribution in [3.05, 3.63) is 111 Å². The molecular weight excluding hydrogens is 714 g/mol. The van der Waals surface area contributed by atoms with Crippen LogP contribution in [0.1, 0.15) is 103 Å². The van der Waals surface area contributed by atoms with Crippen LogP contribution in [-0.2, 0) is 17.7 Å². The van der Waals surface area contributed by atoms with E-state index in [4.69, 9.17) is 25.5 Å². The van der Waals surface area contributed by atoms with Crippen LogP contribution >= 0.6 is 11.6 Å². The van der Waals surface area contributed by atoms with Crippen LogP contribution in [0.15, 0.2) is 71.1 Å². The molecule has 292 valence electrons. The van der Waals surface area contributed by atoms with Crippen molar-refractivity contribution in [3.63, 3.8) is 0 Å². The van der Waals surface area contributed by atoms with Crippen LogP contribution < -0.4 is 26.0 Å². The first-order valence-corrected chi connectivity index (χ1v) is 19.4. The predicted octanol–water partition coefficient (Wildman–Crippen LogP) is 8.71. The third-order valence-electron chi connectivity index (χ3n) is 9.95. The van der Waals surface area contributed by atoms with Gasteiger partial charge in [-0.1, -0.05) is 53.6 Å². The summed E-state index contributed by atoms with van der Waals surface area (Å²) >= 11 is 6.74. The van der Waals surface area contributed by atoms with Crippen molar-refractivity contribution in [2.75, 3.05) is 13.7 Å². The van der Waals surface area contributed by atoms with Crippen molar-refractivity contribution in [2.45, 2.75) is 110 Å². The predicted molar refractivity (Wildman–Crippen MR) is 216 cm³/mol. The minimum atomic E-state index is -0.547. The van der Waals surface area contributed by atoms with E-state index in [1.807, 2.05) is 58.0 Å². The lowest BCUT2D eigenvalue weighted by atomic mass is 9.91. The number of aryl methyl sites for hydroxylation is 2. The quantitative estimate of drug-likeness (QED) is 0.100. The maximum absolute atomic E-state index is 14.1. The van der Waals surface area contributed by atoms with Crippen molar-refractivity contribution >= 4 is 23.6 Å². The number of nitrogens with zero attached hydrogens (tertiary/aromatic N) is 1. The smallest absolute Gasteiger partial charge is 0.407 e. The normalized spacial score (nSPS) is 16.8. The van der Waals surface area contributed by atoms with E-state index >= 15 is 0 Å². The number of benzene rings is 3. The van der Waals surface area contributed by atoms with Crippen molar-refractivity contribution in [1.82, 2.24) is 21.3 Å². The van der Waals surface area contributed by atoms with E-state index in [-0.39, 0.29) is 35.1 Å². The third kappa shape index (κ3) is 11.8. The summed E-state index contributed by atoms with van der Waals surface area (Å²) in [5.41, 5.74) is 5.28. The highest BCUT2D eigenvalue weighted by molar-refractivity contribution is 6.34. The molecule has 2 atom stereocenters. The summed E-state index contributed by atoms with van der Waals surface area (Å²) in [4.78, 5) is 26.4. The zero-order valence-electron chi connectivity index (χ0n) is 33.0. The molecule has 1 aliphatic carbocycles. The lowest BCUT2D eigenvalue weighted by Crippen LogP contribution is -2.48. The molecule has 5 rings (SSSR count). The molecule has 1 saturated carbocycles. The largest absolute Gasteiger partial charge is 0.496 e. The maximum Gasteiger partial charge on any atom is 0.407 e. The van der Waals surface area contributed by atoms with Crippen molar-refractivity contribution in [3.8, 4) is 23.1 Å². The lowest BCUT2D eigenvalue weighted by Gasteiger charge is -2.31. The second-order valence-electron chi connectivity index (χ2n) is 15.6. The Morgan fingerprint density at radius 3 is 2.35 bits per heavy atom. The minimum Gasteiger partial charge on any atom is -0.496 e. The van der Waals surface area contributed by atoms with Gasteiger partial charge >= 0.3 is 6.09 Å². The van der Waals surface area contributed by atoms with E-state index in [1.54, 1.807) is 19.2 Å². The number of carbonyl (C=O) groups excluding carboxylic acids is 2. The van der Waals surface area contributed by atoms with Gasteiger partial charge in [-0.05, 0) is 115 Å². The number of nitriles is 1. The average Bonchev–Trinajstić information content (AvgIpc) is 3.61. The number of ether oxygens (including phenoxy) is 2. The number of carbonyl (C=O) groups is 2. The topological polar surface area (TPSA) is 138 Å². The highest BCUT2D eigenvalue weighted by Gasteiger charge is 2.26. The average molecular weight is 768 g/mol. The molecule has 2 unspecified atom stereocenters. The van der Waals surface area contributed by atoms with Gasteiger partial charge in [0, 0.05) is 36.8 Å². The fraction of sp³-hybridized carbons (Fsp3) is 0.432. The molecule has 55 heavy (non-hydrogen) atoms. The van der Waals surface area contributed by atoms with Gasteiger partial charge in [-0.2, -0.15) is 5.26 Å². The number of halogens is 1. The lowest BCUT2D eigenvalue weighted by molar-refractivity contribution is 0.0489. The van der Waals surface area contributed by atoms with Gasteiger partial charge in [0.15, 0.2) is 0 Å². The van der Waals surface area contributed by atoms with Crippen molar-refractivity contribution < 1.29 is 23.5 Å². The first-order chi connectivity index (χ1) is 26.2. The zero-order chi connectivity index (χ0) is 39.7. The summed E-state index contributed by atoms with van der Waals surface area (Å²) < 4.78 is 17.4. The van der Waals surface area contributed by atoms with E-state index in [0.29, 0.717) is 47.7 Å². The Morgan fingerprint density at radius 2 is 1.69 bits per heavy atom. The molecule has 1 aromatic heterocycles. The maximum atomic E-state index is 14.1. The minimum absolute atomic E-state index is 0.0557. The number of hydrogen-bond acceptors (Lipinski definition) is 8. The Bertz CT molecular complexity index is 1970. The van der Waals surface area contributed by atoms with Crippen LogP contribution in [0.3, 0.4) is 0 Å². The van der Waals surface area contributed by atoms with Gasteiger partial charge in [0.1, 0.15) is 22.9 Å². The van der Waals surface area contributed by atoms with Crippen LogP contribution in [0.5, 0.6) is 5.75 Å². The SMILES string of the molecule is COc1cc(Cl)c(C(=O)NC(CNC2CCC(NC(=O)OC(C)(C)C)CC2)Cc2ccc(C#N)c(C)c2)cc1-c1ccc(CNC(C)c2ccc(C)cc2)o1. The Balaban J connectivity index is 1.28. The summed E-state index contributed by atoms with van der Waals surface area (Å²) in [7, 11) is 1.56. The van der Waals surface area contributed by atoms with Crippen molar-refractivity contribution in [1.29, 1.82) is 5.26 Å². The molecule has 1 aliphatic rings. The molecule has 4 aromatic rings. The second kappa shape index (κ2) is 18.7. The molecule has 10 nitrogen and oxygen atoms in total. The molecule has 0 radical (unpaired) electrons. The molecular formula is C44H54ClN5O5. The summed E-state index contributed by atoms with van der Waals surface area (Å²) in [6.45, 7) is 12.7.